The summed E-state index contributed by atoms with van der Waals surface area (Å²) in [6.07, 6.45) is 6.55. The van der Waals surface area contributed by atoms with Gasteiger partial charge >= 0.3 is 5.97 Å². The highest BCUT2D eigenvalue weighted by Gasteiger charge is 2.07. The Bertz CT molecular complexity index is 521. The molecule has 0 saturated carbocycles. The van der Waals surface area contributed by atoms with Gasteiger partial charge in [0.2, 0.25) is 5.91 Å². The normalized spacial score (nSPS) is 11.0. The van der Waals surface area contributed by atoms with E-state index >= 15 is 0 Å². The fraction of sp³-hybridized carbons (Fsp3) is 0.0769. The van der Waals surface area contributed by atoms with Crippen LogP contribution in [0.2, 0.25) is 0 Å². The van der Waals surface area contributed by atoms with Gasteiger partial charge in [-0.2, -0.15) is 0 Å². The quantitative estimate of drug-likeness (QED) is 0.663. The summed E-state index contributed by atoms with van der Waals surface area (Å²) < 4.78 is 0.523. The van der Waals surface area contributed by atoms with Gasteiger partial charge in [0.25, 0.3) is 0 Å². The summed E-state index contributed by atoms with van der Waals surface area (Å²) in [5, 5.41) is 11.4. The Kier molecular flexibility index (Phi) is 5.32. The SMILES string of the molecule is CC=CC=CC(=O)Nc1ccc(C(=O)O)cc1Br. The number of allylic oxidation sites excluding steroid dienone is 3. The standard InChI is InChI=1S/C13H12BrNO3/c1-2-3-4-5-12(16)15-11-7-6-9(13(17)18)8-10(11)14/h2-8H,1H3,(H,15,16)(H,17,18). The second-order valence-corrected chi connectivity index (χ2v) is 4.23. The number of hydrogen-bond acceptors (Lipinski definition) is 2. The van der Waals surface area contributed by atoms with E-state index < -0.39 is 5.97 Å². The van der Waals surface area contributed by atoms with Crippen molar-refractivity contribution < 1.29 is 14.7 Å². The first kappa shape index (κ1) is 14.2. The number of halogens is 1. The van der Waals surface area contributed by atoms with Crippen LogP contribution in [0.4, 0.5) is 5.69 Å². The molecule has 1 aromatic carbocycles. The minimum Gasteiger partial charge on any atom is -0.478 e. The maximum Gasteiger partial charge on any atom is 0.335 e. The van der Waals surface area contributed by atoms with Crippen LogP contribution < -0.4 is 5.32 Å². The Hall–Kier alpha value is -1.88. The summed E-state index contributed by atoms with van der Waals surface area (Å²) in [7, 11) is 0. The van der Waals surface area contributed by atoms with Gasteiger partial charge in [-0.05, 0) is 41.1 Å². The lowest BCUT2D eigenvalue weighted by molar-refractivity contribution is -0.111. The molecule has 94 valence electrons. The van der Waals surface area contributed by atoms with Crippen molar-refractivity contribution in [1.29, 1.82) is 0 Å². The molecule has 4 nitrogen and oxygen atoms in total. The number of rotatable bonds is 4. The molecule has 1 amide bonds. The fourth-order valence-corrected chi connectivity index (χ4v) is 1.66. The van der Waals surface area contributed by atoms with E-state index in [9.17, 15) is 9.59 Å². The van der Waals surface area contributed by atoms with Gasteiger partial charge in [-0.1, -0.05) is 18.2 Å². The molecule has 0 heterocycles. The van der Waals surface area contributed by atoms with Gasteiger partial charge in [-0.25, -0.2) is 4.79 Å². The summed E-state index contributed by atoms with van der Waals surface area (Å²) in [5.74, 6) is -1.29. The Labute approximate surface area is 113 Å². The summed E-state index contributed by atoms with van der Waals surface area (Å²) in [5.41, 5.74) is 0.680. The third-order valence-electron chi connectivity index (χ3n) is 2.03. The minimum absolute atomic E-state index is 0.157. The average Bonchev–Trinajstić information content (AvgIpc) is 2.32. The van der Waals surface area contributed by atoms with Crippen LogP contribution in [-0.2, 0) is 4.79 Å². The molecule has 18 heavy (non-hydrogen) atoms. The number of hydrogen-bond donors (Lipinski definition) is 2. The molecule has 0 aliphatic rings. The molecular weight excluding hydrogens is 298 g/mol. The Morgan fingerprint density at radius 3 is 2.61 bits per heavy atom. The van der Waals surface area contributed by atoms with Crippen molar-refractivity contribution in [3.05, 3.63) is 52.5 Å². The largest absolute Gasteiger partial charge is 0.478 e. The molecule has 0 aliphatic heterocycles. The Morgan fingerprint density at radius 1 is 1.33 bits per heavy atom. The van der Waals surface area contributed by atoms with Crippen molar-refractivity contribution in [2.75, 3.05) is 5.32 Å². The van der Waals surface area contributed by atoms with E-state index in [1.807, 2.05) is 6.92 Å². The van der Waals surface area contributed by atoms with Crippen molar-refractivity contribution in [2.45, 2.75) is 6.92 Å². The third-order valence-corrected chi connectivity index (χ3v) is 2.68. The second-order valence-electron chi connectivity index (χ2n) is 3.37. The molecule has 0 spiro atoms. The third kappa shape index (κ3) is 4.18. The molecule has 0 aliphatic carbocycles. The predicted octanol–water partition coefficient (Wildman–Crippen LogP) is 3.22. The first-order valence-corrected chi connectivity index (χ1v) is 5.97. The Balaban J connectivity index is 2.79. The average molecular weight is 310 g/mol. The van der Waals surface area contributed by atoms with Crippen molar-refractivity contribution in [2.24, 2.45) is 0 Å². The Morgan fingerprint density at radius 2 is 2.06 bits per heavy atom. The van der Waals surface area contributed by atoms with Crippen LogP contribution in [0, 0.1) is 0 Å². The van der Waals surface area contributed by atoms with Gasteiger partial charge in [-0.15, -0.1) is 0 Å². The molecule has 1 rings (SSSR count). The van der Waals surface area contributed by atoms with Gasteiger partial charge in [0.05, 0.1) is 11.3 Å². The molecule has 0 fully saturated rings. The van der Waals surface area contributed by atoms with Gasteiger partial charge in [0.15, 0.2) is 0 Å². The molecule has 1 aromatic rings. The minimum atomic E-state index is -1.01. The zero-order valence-corrected chi connectivity index (χ0v) is 11.3. The summed E-state index contributed by atoms with van der Waals surface area (Å²) in [6, 6.07) is 4.40. The van der Waals surface area contributed by atoms with Crippen LogP contribution in [0.25, 0.3) is 0 Å². The van der Waals surface area contributed by atoms with Crippen LogP contribution in [0.1, 0.15) is 17.3 Å². The topological polar surface area (TPSA) is 66.4 Å². The number of benzene rings is 1. The van der Waals surface area contributed by atoms with Crippen LogP contribution in [0.15, 0.2) is 47.0 Å². The number of carboxylic acid groups (broad SMARTS) is 1. The first-order valence-electron chi connectivity index (χ1n) is 5.17. The summed E-state index contributed by atoms with van der Waals surface area (Å²) >= 11 is 3.21. The lowest BCUT2D eigenvalue weighted by Gasteiger charge is -2.05. The van der Waals surface area contributed by atoms with Gasteiger partial charge in [0, 0.05) is 10.5 Å². The van der Waals surface area contributed by atoms with Gasteiger partial charge < -0.3 is 10.4 Å². The number of carbonyl (C=O) groups excluding carboxylic acids is 1. The molecule has 0 unspecified atom stereocenters. The molecule has 0 bridgehead atoms. The van der Waals surface area contributed by atoms with E-state index in [0.717, 1.165) is 0 Å². The van der Waals surface area contributed by atoms with Crippen LogP contribution in [0.5, 0.6) is 0 Å². The zero-order valence-electron chi connectivity index (χ0n) is 9.68. The van der Waals surface area contributed by atoms with Crippen LogP contribution >= 0.6 is 15.9 Å². The highest BCUT2D eigenvalue weighted by Crippen LogP contribution is 2.23. The van der Waals surface area contributed by atoms with Gasteiger partial charge in [-0.3, -0.25) is 4.79 Å². The maximum atomic E-state index is 11.5. The number of carbonyl (C=O) groups is 2. The molecule has 0 aromatic heterocycles. The van der Waals surface area contributed by atoms with E-state index in [0.29, 0.717) is 10.2 Å². The number of amides is 1. The summed E-state index contributed by atoms with van der Waals surface area (Å²) in [4.78, 5) is 22.2. The monoisotopic (exact) mass is 309 g/mol. The van der Waals surface area contributed by atoms with E-state index in [2.05, 4.69) is 21.2 Å². The van der Waals surface area contributed by atoms with E-state index in [4.69, 9.17) is 5.11 Å². The van der Waals surface area contributed by atoms with Crippen molar-refractivity contribution in [3.8, 4) is 0 Å². The van der Waals surface area contributed by atoms with Crippen molar-refractivity contribution in [3.63, 3.8) is 0 Å². The molecule has 0 radical (unpaired) electrons. The van der Waals surface area contributed by atoms with Gasteiger partial charge in [0.1, 0.15) is 0 Å². The zero-order chi connectivity index (χ0) is 13.5. The fourth-order valence-electron chi connectivity index (χ4n) is 1.18. The van der Waals surface area contributed by atoms with Crippen molar-refractivity contribution in [1.82, 2.24) is 0 Å². The van der Waals surface area contributed by atoms with E-state index in [-0.39, 0.29) is 11.5 Å². The molecule has 5 heteroatoms. The van der Waals surface area contributed by atoms with Crippen LogP contribution in [0.3, 0.4) is 0 Å². The molecular formula is C13H12BrNO3. The second kappa shape index (κ2) is 6.76. The first-order chi connectivity index (χ1) is 8.54. The number of aromatic carboxylic acids is 1. The lowest BCUT2D eigenvalue weighted by Crippen LogP contribution is -2.08. The molecule has 0 saturated heterocycles. The highest BCUT2D eigenvalue weighted by molar-refractivity contribution is 9.10. The van der Waals surface area contributed by atoms with Crippen LogP contribution in [-0.4, -0.2) is 17.0 Å². The lowest BCUT2D eigenvalue weighted by atomic mass is 10.2. The number of carboxylic acids is 1. The number of anilines is 1. The maximum absolute atomic E-state index is 11.5. The molecule has 2 N–H and O–H groups in total. The smallest absolute Gasteiger partial charge is 0.335 e. The number of nitrogens with one attached hydrogen (secondary N) is 1. The van der Waals surface area contributed by atoms with Crippen molar-refractivity contribution >= 4 is 33.5 Å². The van der Waals surface area contributed by atoms with E-state index in [1.165, 1.54) is 24.3 Å². The summed E-state index contributed by atoms with van der Waals surface area (Å²) in [6.45, 7) is 1.85. The molecule has 0 atom stereocenters. The highest BCUT2D eigenvalue weighted by atomic mass is 79.9. The van der Waals surface area contributed by atoms with E-state index in [1.54, 1.807) is 18.2 Å². The predicted molar refractivity (Wildman–Crippen MR) is 73.7 cm³/mol.